The largest absolute Gasteiger partial charge is 0.452 e. The predicted octanol–water partition coefficient (Wildman–Crippen LogP) is 5.44. The SMILES string of the molecule is O=C(COC(=O)c1c2c(nc3ccccc13)CCC(c1ccccc1)C2)Nc1ccccc1F. The second-order valence-electron chi connectivity index (χ2n) is 8.38. The van der Waals surface area contributed by atoms with E-state index in [2.05, 4.69) is 17.4 Å². The molecule has 6 heteroatoms. The summed E-state index contributed by atoms with van der Waals surface area (Å²) in [5, 5.41) is 3.14. The van der Waals surface area contributed by atoms with Gasteiger partial charge in [-0.15, -0.1) is 0 Å². The third kappa shape index (κ3) is 4.39. The zero-order chi connectivity index (χ0) is 23.5. The molecule has 5 nitrogen and oxygen atoms in total. The van der Waals surface area contributed by atoms with Crippen LogP contribution >= 0.6 is 0 Å². The lowest BCUT2D eigenvalue weighted by Crippen LogP contribution is -2.24. The standard InChI is InChI=1S/C28H23FN2O3/c29-22-11-5-7-13-25(22)31-26(32)17-34-28(33)27-20-10-4-6-12-23(20)30-24-15-14-19(16-21(24)27)18-8-2-1-3-9-18/h1-13,19H,14-17H2,(H,31,32). The first-order valence-electron chi connectivity index (χ1n) is 11.3. The van der Waals surface area contributed by atoms with Crippen LogP contribution in [0.5, 0.6) is 0 Å². The quantitative estimate of drug-likeness (QED) is 0.408. The van der Waals surface area contributed by atoms with E-state index >= 15 is 0 Å². The van der Waals surface area contributed by atoms with Crippen molar-refractivity contribution in [2.45, 2.75) is 25.2 Å². The number of rotatable bonds is 5. The highest BCUT2D eigenvalue weighted by molar-refractivity contribution is 6.06. The van der Waals surface area contributed by atoms with Gasteiger partial charge in [0.05, 0.1) is 16.8 Å². The molecule has 34 heavy (non-hydrogen) atoms. The van der Waals surface area contributed by atoms with Crippen LogP contribution < -0.4 is 5.32 Å². The van der Waals surface area contributed by atoms with E-state index in [0.717, 1.165) is 29.6 Å². The van der Waals surface area contributed by atoms with Crippen molar-refractivity contribution in [3.63, 3.8) is 0 Å². The summed E-state index contributed by atoms with van der Waals surface area (Å²) < 4.78 is 19.2. The van der Waals surface area contributed by atoms with Crippen LogP contribution in [0.2, 0.25) is 0 Å². The maximum Gasteiger partial charge on any atom is 0.339 e. The second-order valence-corrected chi connectivity index (χ2v) is 8.38. The molecule has 1 heterocycles. The number of aryl methyl sites for hydroxylation is 1. The van der Waals surface area contributed by atoms with Gasteiger partial charge in [0.25, 0.3) is 5.91 Å². The highest BCUT2D eigenvalue weighted by atomic mass is 19.1. The first kappa shape index (κ1) is 21.8. The molecular formula is C28H23FN2O3. The number of hydrogen-bond donors (Lipinski definition) is 1. The number of pyridine rings is 1. The Morgan fingerprint density at radius 3 is 2.53 bits per heavy atom. The lowest BCUT2D eigenvalue weighted by molar-refractivity contribution is -0.119. The molecule has 1 atom stereocenters. The van der Waals surface area contributed by atoms with Crippen molar-refractivity contribution in [2.24, 2.45) is 0 Å². The van der Waals surface area contributed by atoms with E-state index in [4.69, 9.17) is 9.72 Å². The molecule has 1 N–H and O–H groups in total. The summed E-state index contributed by atoms with van der Waals surface area (Å²) in [6.07, 6.45) is 2.37. The summed E-state index contributed by atoms with van der Waals surface area (Å²) in [7, 11) is 0. The number of nitrogens with zero attached hydrogens (tertiary/aromatic N) is 1. The fourth-order valence-corrected chi connectivity index (χ4v) is 4.58. The highest BCUT2D eigenvalue weighted by Gasteiger charge is 2.28. The Morgan fingerprint density at radius 1 is 0.971 bits per heavy atom. The third-order valence-electron chi connectivity index (χ3n) is 6.22. The van der Waals surface area contributed by atoms with Crippen LogP contribution in [-0.2, 0) is 22.4 Å². The van der Waals surface area contributed by atoms with Crippen molar-refractivity contribution in [1.82, 2.24) is 4.98 Å². The van der Waals surface area contributed by atoms with E-state index < -0.39 is 24.3 Å². The first-order valence-corrected chi connectivity index (χ1v) is 11.3. The number of carbonyl (C=O) groups excluding carboxylic acids is 2. The van der Waals surface area contributed by atoms with E-state index in [9.17, 15) is 14.0 Å². The highest BCUT2D eigenvalue weighted by Crippen LogP contribution is 2.36. The van der Waals surface area contributed by atoms with Crippen LogP contribution in [0.15, 0.2) is 78.9 Å². The number of nitrogens with one attached hydrogen (secondary N) is 1. The lowest BCUT2D eigenvalue weighted by Gasteiger charge is -2.26. The summed E-state index contributed by atoms with van der Waals surface area (Å²) in [6.45, 7) is -0.513. The molecule has 0 saturated heterocycles. The zero-order valence-corrected chi connectivity index (χ0v) is 18.5. The van der Waals surface area contributed by atoms with E-state index in [-0.39, 0.29) is 11.6 Å². The minimum absolute atomic E-state index is 0.0426. The van der Waals surface area contributed by atoms with Crippen LogP contribution in [0.4, 0.5) is 10.1 Å². The number of fused-ring (bicyclic) bond motifs is 2. The molecule has 1 aromatic heterocycles. The van der Waals surface area contributed by atoms with Gasteiger partial charge in [0.15, 0.2) is 6.61 Å². The number of carbonyl (C=O) groups is 2. The topological polar surface area (TPSA) is 68.3 Å². The Balaban J connectivity index is 1.42. The Morgan fingerprint density at radius 2 is 1.71 bits per heavy atom. The molecule has 3 aromatic carbocycles. The average molecular weight is 455 g/mol. The monoisotopic (exact) mass is 454 g/mol. The summed E-state index contributed by atoms with van der Waals surface area (Å²) in [5.74, 6) is -1.46. The van der Waals surface area contributed by atoms with Crippen LogP contribution in [-0.4, -0.2) is 23.5 Å². The molecule has 5 rings (SSSR count). The molecule has 0 radical (unpaired) electrons. The molecular weight excluding hydrogens is 431 g/mol. The van der Waals surface area contributed by atoms with Crippen LogP contribution in [0, 0.1) is 5.82 Å². The molecule has 0 saturated carbocycles. The molecule has 170 valence electrons. The number of esters is 1. The average Bonchev–Trinajstić information content (AvgIpc) is 2.87. The maximum absolute atomic E-state index is 13.8. The van der Waals surface area contributed by atoms with Gasteiger partial charge in [0.2, 0.25) is 0 Å². The van der Waals surface area contributed by atoms with Gasteiger partial charge in [-0.2, -0.15) is 0 Å². The predicted molar refractivity (Wildman–Crippen MR) is 128 cm³/mol. The number of ether oxygens (including phenoxy) is 1. The maximum atomic E-state index is 13.8. The number of hydrogen-bond acceptors (Lipinski definition) is 4. The normalized spacial score (nSPS) is 14.9. The van der Waals surface area contributed by atoms with E-state index in [1.54, 1.807) is 6.07 Å². The van der Waals surface area contributed by atoms with Gasteiger partial charge in [-0.05, 0) is 54.5 Å². The Hall–Kier alpha value is -4.06. The minimum atomic E-state index is -0.604. The van der Waals surface area contributed by atoms with Gasteiger partial charge in [-0.1, -0.05) is 60.7 Å². The zero-order valence-electron chi connectivity index (χ0n) is 18.5. The number of aromatic nitrogens is 1. The van der Waals surface area contributed by atoms with Crippen molar-refractivity contribution >= 4 is 28.5 Å². The second kappa shape index (κ2) is 9.43. The minimum Gasteiger partial charge on any atom is -0.452 e. The fraction of sp³-hybridized carbons (Fsp3) is 0.179. The van der Waals surface area contributed by atoms with Crippen LogP contribution in [0.1, 0.15) is 39.5 Å². The molecule has 1 aliphatic rings. The molecule has 1 amide bonds. The Labute approximate surface area is 196 Å². The van der Waals surface area contributed by atoms with Gasteiger partial charge >= 0.3 is 5.97 Å². The molecule has 0 fully saturated rings. The van der Waals surface area contributed by atoms with Crippen molar-refractivity contribution in [3.8, 4) is 0 Å². The fourth-order valence-electron chi connectivity index (χ4n) is 4.58. The van der Waals surface area contributed by atoms with Crippen LogP contribution in [0.25, 0.3) is 10.9 Å². The van der Waals surface area contributed by atoms with Crippen molar-refractivity contribution < 1.29 is 18.7 Å². The van der Waals surface area contributed by atoms with Gasteiger partial charge in [-0.3, -0.25) is 9.78 Å². The molecule has 1 unspecified atom stereocenters. The van der Waals surface area contributed by atoms with E-state index in [1.165, 1.54) is 23.8 Å². The van der Waals surface area contributed by atoms with E-state index in [1.807, 2.05) is 42.5 Å². The summed E-state index contributed by atoms with van der Waals surface area (Å²) in [4.78, 5) is 30.4. The Bertz CT molecular complexity index is 1370. The van der Waals surface area contributed by atoms with Gasteiger partial charge in [0, 0.05) is 11.1 Å². The molecule has 1 aliphatic carbocycles. The molecule has 4 aromatic rings. The number of benzene rings is 3. The lowest BCUT2D eigenvalue weighted by atomic mass is 9.80. The van der Waals surface area contributed by atoms with Gasteiger partial charge in [-0.25, -0.2) is 9.18 Å². The summed E-state index contributed by atoms with van der Waals surface area (Å²) in [5.41, 5.74) is 4.22. The summed E-state index contributed by atoms with van der Waals surface area (Å²) >= 11 is 0. The van der Waals surface area contributed by atoms with Crippen molar-refractivity contribution in [3.05, 3.63) is 107 Å². The van der Waals surface area contributed by atoms with Gasteiger partial charge < -0.3 is 10.1 Å². The Kier molecular flexibility index (Phi) is 6.04. The number of amides is 1. The number of anilines is 1. The van der Waals surface area contributed by atoms with E-state index in [0.29, 0.717) is 17.4 Å². The van der Waals surface area contributed by atoms with Crippen LogP contribution in [0.3, 0.4) is 0 Å². The third-order valence-corrected chi connectivity index (χ3v) is 6.22. The molecule has 0 bridgehead atoms. The number of para-hydroxylation sites is 2. The van der Waals surface area contributed by atoms with Crippen molar-refractivity contribution in [2.75, 3.05) is 11.9 Å². The van der Waals surface area contributed by atoms with Crippen molar-refractivity contribution in [1.29, 1.82) is 0 Å². The van der Waals surface area contributed by atoms with Gasteiger partial charge in [0.1, 0.15) is 5.82 Å². The number of halogens is 1. The molecule has 0 spiro atoms. The smallest absolute Gasteiger partial charge is 0.339 e. The first-order chi connectivity index (χ1) is 16.6. The summed E-state index contributed by atoms with van der Waals surface area (Å²) in [6, 6.07) is 23.6. The molecule has 0 aliphatic heterocycles.